The Morgan fingerprint density at radius 2 is 1.48 bits per heavy atom. The van der Waals surface area contributed by atoms with Crippen molar-refractivity contribution in [1.29, 1.82) is 0 Å². The van der Waals surface area contributed by atoms with E-state index < -0.39 is 0 Å². The van der Waals surface area contributed by atoms with E-state index in [1.54, 1.807) is 14.2 Å². The molecule has 0 aliphatic rings. The summed E-state index contributed by atoms with van der Waals surface area (Å²) in [5, 5.41) is 0. The van der Waals surface area contributed by atoms with Gasteiger partial charge in [-0.1, -0.05) is 70.2 Å². The van der Waals surface area contributed by atoms with Crippen LogP contribution < -0.4 is 10.2 Å². The van der Waals surface area contributed by atoms with E-state index in [2.05, 4.69) is 26.0 Å². The molecule has 2 aromatic carbocycles. The van der Waals surface area contributed by atoms with Crippen molar-refractivity contribution in [2.75, 3.05) is 27.6 Å². The van der Waals surface area contributed by atoms with Gasteiger partial charge in [-0.25, -0.2) is 0 Å². The molecule has 1 aromatic heterocycles. The van der Waals surface area contributed by atoms with Crippen molar-refractivity contribution in [1.82, 2.24) is 0 Å². The fraction of sp³-hybridized carbons (Fsp3) is 0.514. The van der Waals surface area contributed by atoms with Gasteiger partial charge < -0.3 is 28.1 Å². The van der Waals surface area contributed by atoms with Gasteiger partial charge in [0, 0.05) is 42.4 Å². The van der Waals surface area contributed by atoms with Crippen LogP contribution in [-0.4, -0.2) is 39.8 Å². The number of aryl methyl sites for hydroxylation is 1. The molecule has 42 heavy (non-hydrogen) atoms. The van der Waals surface area contributed by atoms with Crippen LogP contribution in [0.5, 0.6) is 5.75 Å². The van der Waals surface area contributed by atoms with Crippen molar-refractivity contribution in [2.45, 2.75) is 79.3 Å². The molecule has 0 bridgehead atoms. The Labute approximate surface area is 251 Å². The van der Waals surface area contributed by atoms with E-state index in [1.165, 1.54) is 0 Å². The number of benzene rings is 2. The Kier molecular flexibility index (Phi) is 13.3. The quantitative estimate of drug-likeness (QED) is 0.159. The third kappa shape index (κ3) is 8.77. The first kappa shape index (κ1) is 33.5. The summed E-state index contributed by atoms with van der Waals surface area (Å²) in [4.78, 5) is 13.1. The topological polar surface area (TPSA) is 76.4 Å². The third-order valence-corrected chi connectivity index (χ3v) is 8.00. The third-order valence-electron chi connectivity index (χ3n) is 8.00. The van der Waals surface area contributed by atoms with Crippen LogP contribution in [0.4, 0.5) is 0 Å². The zero-order valence-electron chi connectivity index (χ0n) is 26.5. The molecule has 3 aromatic rings. The molecule has 0 N–H and O–H groups in total. The van der Waals surface area contributed by atoms with Crippen LogP contribution in [0.3, 0.4) is 0 Å². The van der Waals surface area contributed by atoms with Gasteiger partial charge in [-0.2, -0.15) is 0 Å². The van der Waals surface area contributed by atoms with E-state index in [0.717, 1.165) is 16.9 Å². The Morgan fingerprint density at radius 3 is 2.10 bits per heavy atom. The van der Waals surface area contributed by atoms with E-state index in [9.17, 15) is 4.79 Å². The van der Waals surface area contributed by atoms with E-state index in [-0.39, 0.29) is 42.2 Å². The Morgan fingerprint density at radius 1 is 0.810 bits per heavy atom. The highest BCUT2D eigenvalue weighted by Gasteiger charge is 2.37. The van der Waals surface area contributed by atoms with Gasteiger partial charge in [0.15, 0.2) is 5.43 Å². The van der Waals surface area contributed by atoms with Crippen LogP contribution in [-0.2, 0) is 38.6 Å². The fourth-order valence-electron chi connectivity index (χ4n) is 5.59. The lowest BCUT2D eigenvalue weighted by Crippen LogP contribution is -2.42. The molecule has 3 rings (SSSR count). The van der Waals surface area contributed by atoms with Crippen LogP contribution in [0.25, 0.3) is 0 Å². The maximum absolute atomic E-state index is 13.1. The molecule has 7 heteroatoms. The maximum Gasteiger partial charge on any atom is 0.191 e. The summed E-state index contributed by atoms with van der Waals surface area (Å²) in [7, 11) is 3.26. The molecule has 7 nitrogen and oxygen atoms in total. The van der Waals surface area contributed by atoms with Crippen molar-refractivity contribution in [2.24, 2.45) is 11.8 Å². The van der Waals surface area contributed by atoms with Crippen LogP contribution in [0, 0.1) is 25.7 Å². The van der Waals surface area contributed by atoms with Crippen molar-refractivity contribution in [3.63, 3.8) is 0 Å². The molecule has 5 atom stereocenters. The smallest absolute Gasteiger partial charge is 0.191 e. The van der Waals surface area contributed by atoms with E-state index >= 15 is 0 Å². The maximum atomic E-state index is 13.1. The Bertz CT molecular complexity index is 1270. The molecular weight excluding hydrogens is 532 g/mol. The lowest BCUT2D eigenvalue weighted by atomic mass is 9.82. The average molecular weight is 581 g/mol. The zero-order valence-corrected chi connectivity index (χ0v) is 26.5. The summed E-state index contributed by atoms with van der Waals surface area (Å²) >= 11 is 0. The number of hydrogen-bond donors (Lipinski definition) is 0. The molecule has 1 heterocycles. The molecule has 230 valence electrons. The highest BCUT2D eigenvalue weighted by Crippen LogP contribution is 2.34. The Hall–Kier alpha value is -2.97. The van der Waals surface area contributed by atoms with Gasteiger partial charge >= 0.3 is 0 Å². The van der Waals surface area contributed by atoms with E-state index in [0.29, 0.717) is 48.9 Å². The molecule has 0 saturated heterocycles. The minimum atomic E-state index is -0.350. The summed E-state index contributed by atoms with van der Waals surface area (Å²) in [5.41, 5.74) is 3.47. The molecule has 0 saturated carbocycles. The largest absolute Gasteiger partial charge is 0.497 e. The van der Waals surface area contributed by atoms with Gasteiger partial charge in [-0.15, -0.1) is 0 Å². The number of rotatable bonds is 17. The van der Waals surface area contributed by atoms with Crippen molar-refractivity contribution < 1.29 is 28.1 Å². The minimum absolute atomic E-state index is 0.0214. The van der Waals surface area contributed by atoms with Gasteiger partial charge in [0.25, 0.3) is 0 Å². The van der Waals surface area contributed by atoms with Gasteiger partial charge in [0.2, 0.25) is 0 Å². The normalized spacial score (nSPS) is 15.1. The monoisotopic (exact) mass is 580 g/mol. The van der Waals surface area contributed by atoms with E-state index in [1.807, 2.05) is 70.2 Å². The van der Waals surface area contributed by atoms with Crippen LogP contribution in [0.2, 0.25) is 0 Å². The van der Waals surface area contributed by atoms with E-state index in [4.69, 9.17) is 28.1 Å². The zero-order chi connectivity index (χ0) is 30.6. The first-order valence-corrected chi connectivity index (χ1v) is 14.8. The molecular formula is C35H48O7. The van der Waals surface area contributed by atoms with Gasteiger partial charge in [-0.3, -0.25) is 4.79 Å². The van der Waals surface area contributed by atoms with Gasteiger partial charge in [0.05, 0.1) is 39.1 Å². The summed E-state index contributed by atoms with van der Waals surface area (Å²) in [6, 6.07) is 18.0. The van der Waals surface area contributed by atoms with Crippen molar-refractivity contribution >= 4 is 0 Å². The summed E-state index contributed by atoms with van der Waals surface area (Å²) < 4.78 is 36.2. The number of methoxy groups -OCH3 is 2. The van der Waals surface area contributed by atoms with Crippen LogP contribution in [0.15, 0.2) is 63.8 Å². The number of hydrogen-bond acceptors (Lipinski definition) is 7. The molecule has 0 spiro atoms. The standard InChI is InChI=1S/C35H48O7/c1-9-31-24(3)32(36)25(4)35(42-31)27(6)34(41-22-37-7)26(5)33(40-21-29-15-17-30(38-8)18-16-29)23(2)19-39-20-28-13-11-10-12-14-28/h10-18,23,26-27,33-34H,9,19-22H2,1-8H3/t23-,26-,27+,33-,34+/m1/s1. The van der Waals surface area contributed by atoms with Gasteiger partial charge in [-0.05, 0) is 37.1 Å². The van der Waals surface area contributed by atoms with Gasteiger partial charge in [0.1, 0.15) is 24.1 Å². The first-order chi connectivity index (χ1) is 20.2. The Balaban J connectivity index is 1.89. The van der Waals surface area contributed by atoms with Crippen LogP contribution >= 0.6 is 0 Å². The molecule has 0 aliphatic carbocycles. The SMILES string of the molecule is CCc1oc([C@@H](C)[C@@H](OCOC)[C@H](C)[C@H](OCc2ccc(OC)cc2)[C@H](C)COCc2ccccc2)c(C)c(=O)c1C. The predicted molar refractivity (Wildman–Crippen MR) is 165 cm³/mol. The number of ether oxygens (including phenoxy) is 5. The predicted octanol–water partition coefficient (Wildman–Crippen LogP) is 6.99. The molecule has 0 aliphatic heterocycles. The minimum Gasteiger partial charge on any atom is -0.497 e. The second kappa shape index (κ2) is 16.6. The lowest BCUT2D eigenvalue weighted by Gasteiger charge is -2.37. The highest BCUT2D eigenvalue weighted by atomic mass is 16.7. The summed E-state index contributed by atoms with van der Waals surface area (Å²) in [6.45, 7) is 13.6. The summed E-state index contributed by atoms with van der Waals surface area (Å²) in [6.07, 6.45) is 0.0656. The second-order valence-electron chi connectivity index (χ2n) is 11.1. The molecule has 0 fully saturated rings. The lowest BCUT2D eigenvalue weighted by molar-refractivity contribution is -0.140. The highest BCUT2D eigenvalue weighted by molar-refractivity contribution is 5.29. The average Bonchev–Trinajstić information content (AvgIpc) is 3.01. The molecule has 0 amide bonds. The fourth-order valence-corrected chi connectivity index (χ4v) is 5.59. The first-order valence-electron chi connectivity index (χ1n) is 14.8. The van der Waals surface area contributed by atoms with Crippen LogP contribution in [0.1, 0.15) is 67.4 Å². The summed E-state index contributed by atoms with van der Waals surface area (Å²) in [5.74, 6) is 1.88. The molecule has 0 radical (unpaired) electrons. The second-order valence-corrected chi connectivity index (χ2v) is 11.1. The van der Waals surface area contributed by atoms with Crippen molar-refractivity contribution in [3.05, 3.63) is 98.6 Å². The van der Waals surface area contributed by atoms with Crippen molar-refractivity contribution in [3.8, 4) is 5.75 Å². The molecule has 0 unspecified atom stereocenters.